The SMILES string of the molecule is COc1ccc(NC(=O)OC2C=CC(c3c(C)nn(-c4ccc(OC)cc4)c3C)C2)cc1. The molecule has 166 valence electrons. The maximum absolute atomic E-state index is 12.3. The molecule has 2 atom stereocenters. The molecule has 1 aliphatic carbocycles. The Kier molecular flexibility index (Phi) is 6.16. The lowest BCUT2D eigenvalue weighted by atomic mass is 9.96. The Hall–Kier alpha value is -3.74. The standard InChI is InChI=1S/C25H27N3O4/c1-16-24(17(2)28(27-16)20-8-13-22(31-4)14-9-20)18-5-10-23(15-18)32-25(29)26-19-6-11-21(30-3)12-7-19/h5-14,18,23H,15H2,1-4H3,(H,26,29). The summed E-state index contributed by atoms with van der Waals surface area (Å²) in [6.07, 6.45) is 3.96. The van der Waals surface area contributed by atoms with E-state index in [9.17, 15) is 4.79 Å². The molecule has 7 nitrogen and oxygen atoms in total. The summed E-state index contributed by atoms with van der Waals surface area (Å²) in [6.45, 7) is 4.08. The van der Waals surface area contributed by atoms with Crippen molar-refractivity contribution in [1.29, 1.82) is 0 Å². The smallest absolute Gasteiger partial charge is 0.412 e. The predicted molar refractivity (Wildman–Crippen MR) is 123 cm³/mol. The molecule has 1 heterocycles. The van der Waals surface area contributed by atoms with Crippen LogP contribution in [0, 0.1) is 13.8 Å². The normalized spacial score (nSPS) is 17.2. The Morgan fingerprint density at radius 1 is 0.969 bits per heavy atom. The van der Waals surface area contributed by atoms with Crippen LogP contribution in [0.1, 0.15) is 29.3 Å². The number of benzene rings is 2. The summed E-state index contributed by atoms with van der Waals surface area (Å²) in [7, 11) is 3.25. The first kappa shape index (κ1) is 21.5. The zero-order valence-electron chi connectivity index (χ0n) is 18.7. The molecule has 0 fully saturated rings. The molecule has 1 amide bonds. The molecule has 2 aromatic carbocycles. The number of hydrogen-bond donors (Lipinski definition) is 1. The highest BCUT2D eigenvalue weighted by atomic mass is 16.6. The number of methoxy groups -OCH3 is 2. The largest absolute Gasteiger partial charge is 0.497 e. The van der Waals surface area contributed by atoms with Crippen LogP contribution in [-0.2, 0) is 4.74 Å². The van der Waals surface area contributed by atoms with Gasteiger partial charge in [-0.25, -0.2) is 9.48 Å². The Bertz CT molecular complexity index is 1120. The minimum Gasteiger partial charge on any atom is -0.497 e. The van der Waals surface area contributed by atoms with Gasteiger partial charge in [0.15, 0.2) is 0 Å². The molecule has 32 heavy (non-hydrogen) atoms. The number of allylic oxidation sites excluding steroid dienone is 1. The summed E-state index contributed by atoms with van der Waals surface area (Å²) in [6, 6.07) is 14.9. The van der Waals surface area contributed by atoms with Gasteiger partial charge < -0.3 is 14.2 Å². The highest BCUT2D eigenvalue weighted by Gasteiger charge is 2.28. The third kappa shape index (κ3) is 4.46. The fraction of sp³-hybridized carbons (Fsp3) is 0.280. The number of ether oxygens (including phenoxy) is 3. The highest BCUT2D eigenvalue weighted by Crippen LogP contribution is 2.35. The Labute approximate surface area is 187 Å². The average Bonchev–Trinajstić information content (AvgIpc) is 3.37. The fourth-order valence-corrected chi connectivity index (χ4v) is 4.09. The summed E-state index contributed by atoms with van der Waals surface area (Å²) in [5, 5.41) is 7.50. The molecule has 0 saturated carbocycles. The monoisotopic (exact) mass is 433 g/mol. The second-order valence-electron chi connectivity index (χ2n) is 7.72. The fourth-order valence-electron chi connectivity index (χ4n) is 4.09. The Morgan fingerprint density at radius 2 is 1.59 bits per heavy atom. The molecule has 7 heteroatoms. The molecule has 1 aromatic heterocycles. The number of hydrogen-bond acceptors (Lipinski definition) is 5. The topological polar surface area (TPSA) is 74.6 Å². The van der Waals surface area contributed by atoms with E-state index < -0.39 is 6.09 Å². The van der Waals surface area contributed by atoms with Crippen molar-refractivity contribution in [2.45, 2.75) is 32.3 Å². The number of nitrogens with zero attached hydrogens (tertiary/aromatic N) is 2. The summed E-state index contributed by atoms with van der Waals surface area (Å²) in [5.41, 5.74) is 4.84. The van der Waals surface area contributed by atoms with Gasteiger partial charge in [-0.2, -0.15) is 5.10 Å². The Balaban J connectivity index is 1.41. The second-order valence-corrected chi connectivity index (χ2v) is 7.72. The van der Waals surface area contributed by atoms with Crippen molar-refractivity contribution in [3.63, 3.8) is 0 Å². The number of nitrogens with one attached hydrogen (secondary N) is 1. The number of carbonyl (C=O) groups is 1. The van der Waals surface area contributed by atoms with Gasteiger partial charge in [0.2, 0.25) is 0 Å². The van der Waals surface area contributed by atoms with E-state index in [4.69, 9.17) is 19.3 Å². The number of amides is 1. The van der Waals surface area contributed by atoms with Crippen molar-refractivity contribution < 1.29 is 19.0 Å². The van der Waals surface area contributed by atoms with Crippen LogP contribution in [0.25, 0.3) is 5.69 Å². The molecule has 0 aliphatic heterocycles. The van der Waals surface area contributed by atoms with Crippen LogP contribution in [0.5, 0.6) is 11.5 Å². The molecule has 1 N–H and O–H groups in total. The van der Waals surface area contributed by atoms with Gasteiger partial charge in [0, 0.05) is 22.9 Å². The molecule has 1 aliphatic rings. The highest BCUT2D eigenvalue weighted by molar-refractivity contribution is 5.84. The van der Waals surface area contributed by atoms with Crippen molar-refractivity contribution in [1.82, 2.24) is 9.78 Å². The van der Waals surface area contributed by atoms with Gasteiger partial charge in [-0.3, -0.25) is 5.32 Å². The molecule has 4 rings (SSSR count). The van der Waals surface area contributed by atoms with Gasteiger partial charge in [0.25, 0.3) is 0 Å². The zero-order valence-corrected chi connectivity index (χ0v) is 18.7. The van der Waals surface area contributed by atoms with Crippen LogP contribution in [0.2, 0.25) is 0 Å². The third-order valence-electron chi connectivity index (χ3n) is 5.67. The lowest BCUT2D eigenvalue weighted by Crippen LogP contribution is -2.20. The van der Waals surface area contributed by atoms with Gasteiger partial charge in [0.1, 0.15) is 17.6 Å². The predicted octanol–water partition coefficient (Wildman–Crippen LogP) is 5.17. The van der Waals surface area contributed by atoms with E-state index in [0.717, 1.165) is 28.6 Å². The van der Waals surface area contributed by atoms with Crippen LogP contribution in [-0.4, -0.2) is 36.2 Å². The van der Waals surface area contributed by atoms with Crippen molar-refractivity contribution in [3.8, 4) is 17.2 Å². The first-order chi connectivity index (χ1) is 15.5. The van der Waals surface area contributed by atoms with E-state index in [0.29, 0.717) is 12.1 Å². The van der Waals surface area contributed by atoms with E-state index in [-0.39, 0.29) is 12.0 Å². The molecule has 0 radical (unpaired) electrons. The minimum atomic E-state index is -0.479. The Morgan fingerprint density at radius 3 is 2.22 bits per heavy atom. The zero-order chi connectivity index (χ0) is 22.7. The van der Waals surface area contributed by atoms with Crippen LogP contribution < -0.4 is 14.8 Å². The lowest BCUT2D eigenvalue weighted by Gasteiger charge is -2.15. The lowest BCUT2D eigenvalue weighted by molar-refractivity contribution is 0.132. The van der Waals surface area contributed by atoms with Gasteiger partial charge in [-0.1, -0.05) is 6.08 Å². The van der Waals surface area contributed by atoms with Crippen LogP contribution in [0.15, 0.2) is 60.7 Å². The molecule has 3 aromatic rings. The molecular formula is C25H27N3O4. The first-order valence-electron chi connectivity index (χ1n) is 10.5. The van der Waals surface area contributed by atoms with E-state index in [1.807, 2.05) is 41.9 Å². The van der Waals surface area contributed by atoms with Gasteiger partial charge in [-0.05, 0) is 74.9 Å². The second kappa shape index (κ2) is 9.18. The summed E-state index contributed by atoms with van der Waals surface area (Å²) in [5.74, 6) is 1.68. The van der Waals surface area contributed by atoms with Crippen molar-refractivity contribution in [2.24, 2.45) is 0 Å². The maximum atomic E-state index is 12.3. The van der Waals surface area contributed by atoms with E-state index in [2.05, 4.69) is 18.3 Å². The van der Waals surface area contributed by atoms with Crippen molar-refractivity contribution in [3.05, 3.63) is 77.6 Å². The molecular weight excluding hydrogens is 406 g/mol. The quantitative estimate of drug-likeness (QED) is 0.543. The summed E-state index contributed by atoms with van der Waals surface area (Å²) < 4.78 is 17.9. The summed E-state index contributed by atoms with van der Waals surface area (Å²) in [4.78, 5) is 12.3. The van der Waals surface area contributed by atoms with E-state index >= 15 is 0 Å². The van der Waals surface area contributed by atoms with Gasteiger partial charge >= 0.3 is 6.09 Å². The van der Waals surface area contributed by atoms with Gasteiger partial charge in [0.05, 0.1) is 25.6 Å². The van der Waals surface area contributed by atoms with Crippen LogP contribution >= 0.6 is 0 Å². The third-order valence-corrected chi connectivity index (χ3v) is 5.67. The van der Waals surface area contributed by atoms with E-state index in [1.165, 1.54) is 5.56 Å². The number of anilines is 1. The van der Waals surface area contributed by atoms with Gasteiger partial charge in [-0.15, -0.1) is 0 Å². The minimum absolute atomic E-state index is 0.140. The average molecular weight is 434 g/mol. The molecule has 2 unspecified atom stereocenters. The summed E-state index contributed by atoms with van der Waals surface area (Å²) >= 11 is 0. The van der Waals surface area contributed by atoms with Crippen LogP contribution in [0.3, 0.4) is 0 Å². The first-order valence-corrected chi connectivity index (χ1v) is 10.5. The number of aromatic nitrogens is 2. The number of aryl methyl sites for hydroxylation is 1. The maximum Gasteiger partial charge on any atom is 0.412 e. The van der Waals surface area contributed by atoms with Crippen molar-refractivity contribution >= 4 is 11.8 Å². The molecule has 0 spiro atoms. The molecule has 0 saturated heterocycles. The molecule has 0 bridgehead atoms. The van der Waals surface area contributed by atoms with Crippen LogP contribution in [0.4, 0.5) is 10.5 Å². The number of rotatable bonds is 6. The van der Waals surface area contributed by atoms with E-state index in [1.54, 1.807) is 38.5 Å². The number of carbonyl (C=O) groups excluding carboxylic acids is 1. The van der Waals surface area contributed by atoms with Crippen molar-refractivity contribution in [2.75, 3.05) is 19.5 Å².